The van der Waals surface area contributed by atoms with Crippen LogP contribution in [0.4, 0.5) is 0 Å². The molecule has 1 atom stereocenters. The highest BCUT2D eigenvalue weighted by Crippen LogP contribution is 2.16. The SMILES string of the molecule is CCCC[C@H](CC=Cc1ccc(OCCN2CCOCC2)cc1)C(N)=O. The minimum absolute atomic E-state index is 0.0611. The summed E-state index contributed by atoms with van der Waals surface area (Å²) in [5.41, 5.74) is 6.58. The molecular formula is C21H32N2O3. The molecule has 0 unspecified atom stereocenters. The Morgan fingerprint density at radius 3 is 2.69 bits per heavy atom. The first-order valence-corrected chi connectivity index (χ1v) is 9.68. The fourth-order valence-electron chi connectivity index (χ4n) is 2.99. The van der Waals surface area contributed by atoms with Crippen molar-refractivity contribution in [2.75, 3.05) is 39.5 Å². The first kappa shape index (κ1) is 20.5. The molecule has 5 nitrogen and oxygen atoms in total. The molecule has 5 heteroatoms. The largest absolute Gasteiger partial charge is 0.492 e. The lowest BCUT2D eigenvalue weighted by molar-refractivity contribution is -0.121. The van der Waals surface area contributed by atoms with Crippen LogP contribution in [0.2, 0.25) is 0 Å². The molecule has 2 rings (SSSR count). The molecule has 1 aliphatic rings. The minimum atomic E-state index is -0.202. The van der Waals surface area contributed by atoms with E-state index in [4.69, 9.17) is 15.2 Å². The Morgan fingerprint density at radius 2 is 2.04 bits per heavy atom. The van der Waals surface area contributed by atoms with Crippen molar-refractivity contribution in [1.29, 1.82) is 0 Å². The third kappa shape index (κ3) is 7.58. The first-order chi connectivity index (χ1) is 12.7. The van der Waals surface area contributed by atoms with E-state index in [1.807, 2.05) is 36.4 Å². The lowest BCUT2D eigenvalue weighted by Gasteiger charge is -2.26. The molecule has 2 N–H and O–H groups in total. The van der Waals surface area contributed by atoms with Crippen LogP contribution in [0.3, 0.4) is 0 Å². The number of carbonyl (C=O) groups excluding carboxylic acids is 1. The van der Waals surface area contributed by atoms with Gasteiger partial charge in [0.2, 0.25) is 5.91 Å². The Balaban J connectivity index is 1.72. The number of primary amides is 1. The Labute approximate surface area is 157 Å². The predicted octanol–water partition coefficient (Wildman–Crippen LogP) is 3.09. The number of ether oxygens (including phenoxy) is 2. The molecule has 0 radical (unpaired) electrons. The quantitative estimate of drug-likeness (QED) is 0.659. The number of nitrogens with zero attached hydrogens (tertiary/aromatic N) is 1. The number of benzene rings is 1. The second kappa shape index (κ2) is 11.7. The lowest BCUT2D eigenvalue weighted by atomic mass is 9.97. The molecule has 0 aromatic heterocycles. The molecule has 1 aromatic carbocycles. The summed E-state index contributed by atoms with van der Waals surface area (Å²) in [6, 6.07) is 8.04. The van der Waals surface area contributed by atoms with Gasteiger partial charge in [0.25, 0.3) is 0 Å². The predicted molar refractivity (Wildman–Crippen MR) is 105 cm³/mol. The topological polar surface area (TPSA) is 64.8 Å². The van der Waals surface area contributed by atoms with Gasteiger partial charge in [0.15, 0.2) is 0 Å². The molecule has 1 amide bonds. The van der Waals surface area contributed by atoms with Crippen LogP contribution in [0.1, 0.15) is 38.2 Å². The Hall–Kier alpha value is -1.85. The van der Waals surface area contributed by atoms with Gasteiger partial charge in [0, 0.05) is 25.6 Å². The number of unbranched alkanes of at least 4 members (excludes halogenated alkanes) is 1. The molecule has 1 aromatic rings. The van der Waals surface area contributed by atoms with Crippen LogP contribution in [-0.2, 0) is 9.53 Å². The van der Waals surface area contributed by atoms with E-state index < -0.39 is 0 Å². The number of morpholine rings is 1. The second-order valence-corrected chi connectivity index (χ2v) is 6.75. The fraction of sp³-hybridized carbons (Fsp3) is 0.571. The zero-order chi connectivity index (χ0) is 18.6. The lowest BCUT2D eigenvalue weighted by Crippen LogP contribution is -2.38. The smallest absolute Gasteiger partial charge is 0.220 e. The van der Waals surface area contributed by atoms with E-state index in [9.17, 15) is 4.79 Å². The summed E-state index contributed by atoms with van der Waals surface area (Å²) < 4.78 is 11.2. The summed E-state index contributed by atoms with van der Waals surface area (Å²) in [4.78, 5) is 13.8. The molecule has 0 spiro atoms. The summed E-state index contributed by atoms with van der Waals surface area (Å²) in [5.74, 6) is 0.620. The molecule has 144 valence electrons. The average Bonchev–Trinajstić information content (AvgIpc) is 2.66. The van der Waals surface area contributed by atoms with Gasteiger partial charge in [-0.05, 0) is 30.5 Å². The van der Waals surface area contributed by atoms with Crippen LogP contribution in [0.15, 0.2) is 30.3 Å². The number of allylic oxidation sites excluding steroid dienone is 1. The van der Waals surface area contributed by atoms with Crippen molar-refractivity contribution < 1.29 is 14.3 Å². The van der Waals surface area contributed by atoms with E-state index in [1.165, 1.54) is 0 Å². The highest BCUT2D eigenvalue weighted by atomic mass is 16.5. The number of amides is 1. The van der Waals surface area contributed by atoms with Gasteiger partial charge >= 0.3 is 0 Å². The number of nitrogens with two attached hydrogens (primary N) is 1. The highest BCUT2D eigenvalue weighted by molar-refractivity contribution is 5.76. The summed E-state index contributed by atoms with van der Waals surface area (Å²) in [6.07, 6.45) is 7.77. The zero-order valence-corrected chi connectivity index (χ0v) is 15.9. The van der Waals surface area contributed by atoms with Crippen molar-refractivity contribution in [3.63, 3.8) is 0 Å². The molecule has 1 fully saturated rings. The van der Waals surface area contributed by atoms with Crippen molar-refractivity contribution in [1.82, 2.24) is 4.90 Å². The summed E-state index contributed by atoms with van der Waals surface area (Å²) in [6.45, 7) is 7.34. The van der Waals surface area contributed by atoms with Crippen molar-refractivity contribution >= 4 is 12.0 Å². The van der Waals surface area contributed by atoms with E-state index in [0.29, 0.717) is 13.0 Å². The average molecular weight is 360 g/mol. The summed E-state index contributed by atoms with van der Waals surface area (Å²) >= 11 is 0. The van der Waals surface area contributed by atoms with E-state index in [2.05, 4.69) is 11.8 Å². The van der Waals surface area contributed by atoms with E-state index in [-0.39, 0.29) is 11.8 Å². The number of hydrogen-bond donors (Lipinski definition) is 1. The van der Waals surface area contributed by atoms with Gasteiger partial charge in [0.05, 0.1) is 13.2 Å². The van der Waals surface area contributed by atoms with Crippen molar-refractivity contribution in [2.45, 2.75) is 32.6 Å². The van der Waals surface area contributed by atoms with E-state index in [0.717, 1.165) is 63.4 Å². The van der Waals surface area contributed by atoms with E-state index >= 15 is 0 Å². The zero-order valence-electron chi connectivity index (χ0n) is 15.9. The summed E-state index contributed by atoms with van der Waals surface area (Å²) in [7, 11) is 0. The summed E-state index contributed by atoms with van der Waals surface area (Å²) in [5, 5.41) is 0. The Morgan fingerprint density at radius 1 is 1.31 bits per heavy atom. The van der Waals surface area contributed by atoms with Gasteiger partial charge in [0.1, 0.15) is 12.4 Å². The van der Waals surface area contributed by atoms with Gasteiger partial charge in [-0.2, -0.15) is 0 Å². The third-order valence-electron chi connectivity index (χ3n) is 4.70. The maximum atomic E-state index is 11.5. The first-order valence-electron chi connectivity index (χ1n) is 9.68. The number of hydrogen-bond acceptors (Lipinski definition) is 4. The molecule has 1 aliphatic heterocycles. The van der Waals surface area contributed by atoms with Crippen LogP contribution >= 0.6 is 0 Å². The van der Waals surface area contributed by atoms with Crippen LogP contribution in [-0.4, -0.2) is 50.3 Å². The number of carbonyl (C=O) groups is 1. The van der Waals surface area contributed by atoms with Crippen molar-refractivity contribution in [3.05, 3.63) is 35.9 Å². The molecule has 1 heterocycles. The normalized spacial score (nSPS) is 16.7. The second-order valence-electron chi connectivity index (χ2n) is 6.75. The molecular weight excluding hydrogens is 328 g/mol. The molecule has 0 aliphatic carbocycles. The number of rotatable bonds is 11. The maximum Gasteiger partial charge on any atom is 0.220 e. The van der Waals surface area contributed by atoms with Gasteiger partial charge < -0.3 is 15.2 Å². The van der Waals surface area contributed by atoms with Gasteiger partial charge in [-0.1, -0.05) is 44.1 Å². The molecule has 0 saturated carbocycles. The third-order valence-corrected chi connectivity index (χ3v) is 4.70. The monoisotopic (exact) mass is 360 g/mol. The maximum absolute atomic E-state index is 11.5. The highest BCUT2D eigenvalue weighted by Gasteiger charge is 2.12. The van der Waals surface area contributed by atoms with Crippen LogP contribution in [0.5, 0.6) is 5.75 Å². The molecule has 26 heavy (non-hydrogen) atoms. The standard InChI is InChI=1S/C21H32N2O3/c1-2-3-6-19(21(22)24)7-4-5-18-8-10-20(11-9-18)26-17-14-23-12-15-25-16-13-23/h4-5,8-11,19H,2-3,6-7,12-17H2,1H3,(H2,22,24)/t19-/m1/s1. The van der Waals surface area contributed by atoms with Crippen molar-refractivity contribution in [3.8, 4) is 5.75 Å². The minimum Gasteiger partial charge on any atom is -0.492 e. The van der Waals surface area contributed by atoms with Gasteiger partial charge in [-0.15, -0.1) is 0 Å². The van der Waals surface area contributed by atoms with E-state index in [1.54, 1.807) is 0 Å². The van der Waals surface area contributed by atoms with Crippen molar-refractivity contribution in [2.24, 2.45) is 11.7 Å². The molecule has 0 bridgehead atoms. The van der Waals surface area contributed by atoms with Gasteiger partial charge in [-0.25, -0.2) is 0 Å². The van der Waals surface area contributed by atoms with Crippen LogP contribution in [0.25, 0.3) is 6.08 Å². The fourth-order valence-corrected chi connectivity index (χ4v) is 2.99. The van der Waals surface area contributed by atoms with Crippen LogP contribution < -0.4 is 10.5 Å². The molecule has 1 saturated heterocycles. The van der Waals surface area contributed by atoms with Gasteiger partial charge in [-0.3, -0.25) is 9.69 Å². The van der Waals surface area contributed by atoms with Crippen LogP contribution in [0, 0.1) is 5.92 Å². The Kier molecular flexibility index (Phi) is 9.21. The Bertz CT molecular complexity index is 551.